The number of benzene rings is 1. The van der Waals surface area contributed by atoms with Crippen molar-refractivity contribution in [2.75, 3.05) is 0 Å². The molecule has 2 bridgehead atoms. The SMILES string of the molecule is CC(N)(c1ccccc1Cl)C1CC2CCC1C2. The molecule has 2 fully saturated rings. The summed E-state index contributed by atoms with van der Waals surface area (Å²) in [5, 5.41) is 0.820. The molecule has 1 nitrogen and oxygen atoms in total. The van der Waals surface area contributed by atoms with Crippen LogP contribution in [0.15, 0.2) is 24.3 Å². The maximum absolute atomic E-state index is 6.65. The van der Waals surface area contributed by atoms with Crippen LogP contribution in [0.4, 0.5) is 0 Å². The highest BCUT2D eigenvalue weighted by Gasteiger charge is 2.47. The van der Waals surface area contributed by atoms with E-state index in [0.29, 0.717) is 5.92 Å². The third-order valence-electron chi connectivity index (χ3n) is 4.96. The molecule has 0 aromatic heterocycles. The van der Waals surface area contributed by atoms with Crippen molar-refractivity contribution in [1.82, 2.24) is 0 Å². The molecule has 0 heterocycles. The van der Waals surface area contributed by atoms with Crippen LogP contribution in [0, 0.1) is 17.8 Å². The Labute approximate surface area is 108 Å². The molecule has 0 saturated heterocycles. The minimum Gasteiger partial charge on any atom is -0.321 e. The van der Waals surface area contributed by atoms with E-state index in [-0.39, 0.29) is 5.54 Å². The van der Waals surface area contributed by atoms with Gasteiger partial charge in [0.1, 0.15) is 0 Å². The Morgan fingerprint density at radius 3 is 2.59 bits per heavy atom. The topological polar surface area (TPSA) is 26.0 Å². The molecule has 0 amide bonds. The van der Waals surface area contributed by atoms with Crippen LogP contribution in [0.3, 0.4) is 0 Å². The fraction of sp³-hybridized carbons (Fsp3) is 0.600. The average Bonchev–Trinajstić information content (AvgIpc) is 2.91. The largest absolute Gasteiger partial charge is 0.321 e. The van der Waals surface area contributed by atoms with Crippen LogP contribution in [0.25, 0.3) is 0 Å². The molecule has 2 heteroatoms. The number of hydrogen-bond donors (Lipinski definition) is 1. The van der Waals surface area contributed by atoms with Crippen molar-refractivity contribution in [2.24, 2.45) is 23.5 Å². The van der Waals surface area contributed by atoms with Gasteiger partial charge in [0.25, 0.3) is 0 Å². The van der Waals surface area contributed by atoms with Crippen molar-refractivity contribution < 1.29 is 0 Å². The molecule has 0 radical (unpaired) electrons. The van der Waals surface area contributed by atoms with E-state index < -0.39 is 0 Å². The van der Waals surface area contributed by atoms with E-state index in [4.69, 9.17) is 17.3 Å². The van der Waals surface area contributed by atoms with Gasteiger partial charge < -0.3 is 5.73 Å². The van der Waals surface area contributed by atoms with Gasteiger partial charge in [0.05, 0.1) is 0 Å². The Kier molecular flexibility index (Phi) is 2.72. The molecule has 2 aliphatic rings. The van der Waals surface area contributed by atoms with Crippen LogP contribution < -0.4 is 5.73 Å². The van der Waals surface area contributed by atoms with E-state index in [1.807, 2.05) is 18.2 Å². The molecule has 4 unspecified atom stereocenters. The number of nitrogens with two attached hydrogens (primary N) is 1. The van der Waals surface area contributed by atoms with Gasteiger partial charge in [0.2, 0.25) is 0 Å². The van der Waals surface area contributed by atoms with Crippen LogP contribution in [0.2, 0.25) is 5.02 Å². The second-order valence-corrected chi connectivity index (χ2v) is 6.45. The summed E-state index contributed by atoms with van der Waals surface area (Å²) >= 11 is 6.31. The maximum atomic E-state index is 6.65. The lowest BCUT2D eigenvalue weighted by Crippen LogP contribution is -2.43. The fourth-order valence-corrected chi connectivity index (χ4v) is 4.42. The van der Waals surface area contributed by atoms with Crippen LogP contribution in [0.1, 0.15) is 38.2 Å². The summed E-state index contributed by atoms with van der Waals surface area (Å²) < 4.78 is 0. The van der Waals surface area contributed by atoms with E-state index in [1.165, 1.54) is 25.7 Å². The quantitative estimate of drug-likeness (QED) is 0.844. The summed E-state index contributed by atoms with van der Waals surface area (Å²) in [6.07, 6.45) is 5.47. The average molecular weight is 250 g/mol. The van der Waals surface area contributed by atoms with Crippen molar-refractivity contribution in [3.63, 3.8) is 0 Å². The molecular formula is C15H20ClN. The smallest absolute Gasteiger partial charge is 0.0456 e. The van der Waals surface area contributed by atoms with E-state index in [2.05, 4.69) is 13.0 Å². The van der Waals surface area contributed by atoms with E-state index in [0.717, 1.165) is 22.4 Å². The zero-order valence-electron chi connectivity index (χ0n) is 10.3. The molecule has 4 atom stereocenters. The Morgan fingerprint density at radius 1 is 1.24 bits per heavy atom. The van der Waals surface area contributed by atoms with Gasteiger partial charge in [0, 0.05) is 10.6 Å². The molecule has 0 spiro atoms. The van der Waals surface area contributed by atoms with Gasteiger partial charge in [-0.2, -0.15) is 0 Å². The van der Waals surface area contributed by atoms with Gasteiger partial charge >= 0.3 is 0 Å². The molecular weight excluding hydrogens is 230 g/mol. The minimum absolute atomic E-state index is 0.266. The van der Waals surface area contributed by atoms with E-state index in [1.54, 1.807) is 0 Å². The van der Waals surface area contributed by atoms with Crippen molar-refractivity contribution in [3.8, 4) is 0 Å². The fourth-order valence-electron chi connectivity index (χ4n) is 4.08. The molecule has 3 rings (SSSR count). The van der Waals surface area contributed by atoms with Gasteiger partial charge in [-0.25, -0.2) is 0 Å². The van der Waals surface area contributed by atoms with Crippen molar-refractivity contribution in [1.29, 1.82) is 0 Å². The van der Waals surface area contributed by atoms with Crippen LogP contribution in [-0.2, 0) is 5.54 Å². The molecule has 0 aliphatic heterocycles. The van der Waals surface area contributed by atoms with Gasteiger partial charge in [-0.15, -0.1) is 0 Å². The maximum Gasteiger partial charge on any atom is 0.0456 e. The molecule has 2 saturated carbocycles. The summed E-state index contributed by atoms with van der Waals surface area (Å²) in [4.78, 5) is 0. The number of halogens is 1. The molecule has 1 aromatic carbocycles. The summed E-state index contributed by atoms with van der Waals surface area (Å²) in [7, 11) is 0. The predicted octanol–water partition coefficient (Wildman–Crippen LogP) is 3.95. The number of hydrogen-bond acceptors (Lipinski definition) is 1. The number of fused-ring (bicyclic) bond motifs is 2. The highest BCUT2D eigenvalue weighted by Crippen LogP contribution is 2.54. The molecule has 2 aliphatic carbocycles. The lowest BCUT2D eigenvalue weighted by molar-refractivity contribution is 0.204. The third kappa shape index (κ3) is 1.80. The lowest BCUT2D eigenvalue weighted by atomic mass is 9.72. The van der Waals surface area contributed by atoms with Crippen LogP contribution in [-0.4, -0.2) is 0 Å². The third-order valence-corrected chi connectivity index (χ3v) is 5.29. The van der Waals surface area contributed by atoms with Crippen LogP contribution >= 0.6 is 11.6 Å². The first kappa shape index (κ1) is 11.6. The van der Waals surface area contributed by atoms with E-state index in [9.17, 15) is 0 Å². The number of rotatable bonds is 2. The first-order valence-corrected chi connectivity index (χ1v) is 7.00. The van der Waals surface area contributed by atoms with Crippen molar-refractivity contribution >= 4 is 11.6 Å². The lowest BCUT2D eigenvalue weighted by Gasteiger charge is -2.38. The molecule has 17 heavy (non-hydrogen) atoms. The van der Waals surface area contributed by atoms with Gasteiger partial charge in [-0.3, -0.25) is 0 Å². The highest BCUT2D eigenvalue weighted by molar-refractivity contribution is 6.31. The molecule has 1 aromatic rings. The Hall–Kier alpha value is -0.530. The summed E-state index contributed by atoms with van der Waals surface area (Å²) in [6, 6.07) is 8.06. The Morgan fingerprint density at radius 2 is 2.00 bits per heavy atom. The summed E-state index contributed by atoms with van der Waals surface area (Å²) in [6.45, 7) is 2.17. The first-order valence-electron chi connectivity index (χ1n) is 6.63. The summed E-state index contributed by atoms with van der Waals surface area (Å²) in [5.74, 6) is 2.36. The Balaban J connectivity index is 1.93. The van der Waals surface area contributed by atoms with Crippen LogP contribution in [0.5, 0.6) is 0 Å². The van der Waals surface area contributed by atoms with Gasteiger partial charge in [0.15, 0.2) is 0 Å². The predicted molar refractivity (Wildman–Crippen MR) is 71.9 cm³/mol. The minimum atomic E-state index is -0.266. The Bertz CT molecular complexity index is 427. The normalized spacial score (nSPS) is 34.9. The second kappa shape index (κ2) is 4.00. The second-order valence-electron chi connectivity index (χ2n) is 6.04. The van der Waals surface area contributed by atoms with Gasteiger partial charge in [-0.1, -0.05) is 36.2 Å². The summed E-state index contributed by atoms with van der Waals surface area (Å²) in [5.41, 5.74) is 7.50. The first-order chi connectivity index (χ1) is 8.09. The van der Waals surface area contributed by atoms with E-state index >= 15 is 0 Å². The van der Waals surface area contributed by atoms with Crippen molar-refractivity contribution in [2.45, 2.75) is 38.1 Å². The standard InChI is InChI=1S/C15H20ClN/c1-15(17,12-4-2-3-5-14(12)16)13-9-10-6-7-11(13)8-10/h2-5,10-11,13H,6-9,17H2,1H3. The zero-order valence-corrected chi connectivity index (χ0v) is 11.1. The highest BCUT2D eigenvalue weighted by atomic mass is 35.5. The van der Waals surface area contributed by atoms with Gasteiger partial charge in [-0.05, 0) is 55.6 Å². The molecule has 92 valence electrons. The zero-order chi connectivity index (χ0) is 12.0. The monoisotopic (exact) mass is 249 g/mol. The molecule has 2 N–H and O–H groups in total. The van der Waals surface area contributed by atoms with Crippen molar-refractivity contribution in [3.05, 3.63) is 34.9 Å².